The van der Waals surface area contributed by atoms with E-state index in [1.54, 1.807) is 30.7 Å². The maximum Gasteiger partial charge on any atom is 0.149 e. The van der Waals surface area contributed by atoms with Crippen molar-refractivity contribution in [1.82, 2.24) is 14.5 Å². The second kappa shape index (κ2) is 15.3. The second-order valence-electron chi connectivity index (χ2n) is 15.8. The molecule has 8 aromatic rings. The van der Waals surface area contributed by atoms with Crippen LogP contribution in [0.15, 0.2) is 120 Å². The molecule has 286 valence electrons. The molecule has 3 aromatic heterocycles. The predicted molar refractivity (Wildman–Crippen MR) is 223 cm³/mol. The van der Waals surface area contributed by atoms with E-state index in [0.29, 0.717) is 50.2 Å². The number of benzene rings is 5. The van der Waals surface area contributed by atoms with Crippen LogP contribution in [0.1, 0.15) is 85.3 Å². The van der Waals surface area contributed by atoms with Gasteiger partial charge in [0, 0.05) is 38.3 Å². The van der Waals surface area contributed by atoms with Crippen molar-refractivity contribution >= 4 is 22.0 Å². The molecule has 5 nitrogen and oxygen atoms in total. The number of pyridine rings is 1. The Hall–Kier alpha value is -5.32. The summed E-state index contributed by atoms with van der Waals surface area (Å²) in [5.74, 6) is 0.648. The normalized spacial score (nSPS) is 12.7. The molecule has 0 fully saturated rings. The molecule has 7 heteroatoms. The number of hydrogen-bond acceptors (Lipinski definition) is 4. The van der Waals surface area contributed by atoms with E-state index in [2.05, 4.69) is 83.4 Å². The molecule has 0 aliphatic heterocycles. The molecule has 1 N–H and O–H groups in total. The first-order valence-electron chi connectivity index (χ1n) is 19.8. The fourth-order valence-corrected chi connectivity index (χ4v) is 7.59. The van der Waals surface area contributed by atoms with Crippen LogP contribution in [0.25, 0.3) is 72.6 Å². The summed E-state index contributed by atoms with van der Waals surface area (Å²) in [6.07, 6.45) is 3.36. The molecule has 3 heterocycles. The second-order valence-corrected chi connectivity index (χ2v) is 15.8. The van der Waals surface area contributed by atoms with Gasteiger partial charge in [-0.05, 0) is 81.0 Å². The van der Waals surface area contributed by atoms with Gasteiger partial charge in [-0.3, -0.25) is 9.55 Å². The Morgan fingerprint density at radius 3 is 2.21 bits per heavy atom. The molecule has 0 aliphatic rings. The van der Waals surface area contributed by atoms with Crippen LogP contribution in [0.3, 0.4) is 0 Å². The van der Waals surface area contributed by atoms with E-state index >= 15 is 4.39 Å². The number of fused-ring (bicyclic) bond motifs is 2. The quantitative estimate of drug-likeness (QED) is 0.154. The Balaban J connectivity index is 0.00000512. The summed E-state index contributed by atoms with van der Waals surface area (Å²) >= 11 is 0. The molecule has 0 atom stereocenters. The van der Waals surface area contributed by atoms with Crippen molar-refractivity contribution in [2.75, 3.05) is 0 Å². The van der Waals surface area contributed by atoms with E-state index in [1.807, 2.05) is 54.6 Å². The average molecular weight is 924 g/mol. The third kappa shape index (κ3) is 6.90. The van der Waals surface area contributed by atoms with Crippen LogP contribution in [0.2, 0.25) is 0 Å². The zero-order valence-corrected chi connectivity index (χ0v) is 34.8. The maximum atomic E-state index is 16.1. The number of furan rings is 1. The Morgan fingerprint density at radius 1 is 0.821 bits per heavy atom. The Morgan fingerprint density at radius 2 is 1.54 bits per heavy atom. The van der Waals surface area contributed by atoms with Gasteiger partial charge in [0.25, 0.3) is 0 Å². The van der Waals surface area contributed by atoms with Gasteiger partial charge in [0.15, 0.2) is 0 Å². The van der Waals surface area contributed by atoms with Crippen molar-refractivity contribution in [2.45, 2.75) is 72.3 Å². The number of nitrogens with zero attached hydrogens (tertiary/aromatic N) is 3. The van der Waals surface area contributed by atoms with Crippen LogP contribution in [0.4, 0.5) is 4.39 Å². The molecule has 8 rings (SSSR count). The van der Waals surface area contributed by atoms with Crippen molar-refractivity contribution in [3.8, 4) is 56.3 Å². The zero-order chi connectivity index (χ0) is 40.4. The van der Waals surface area contributed by atoms with Gasteiger partial charge in [0.1, 0.15) is 23.8 Å². The van der Waals surface area contributed by atoms with Gasteiger partial charge >= 0.3 is 0 Å². The van der Waals surface area contributed by atoms with Gasteiger partial charge in [-0.25, -0.2) is 9.37 Å². The molecule has 5 aromatic carbocycles. The number of rotatable bonds is 8. The summed E-state index contributed by atoms with van der Waals surface area (Å²) in [5, 5.41) is 12.3. The number of aromatic hydroxyl groups is 1. The van der Waals surface area contributed by atoms with Crippen molar-refractivity contribution in [3.05, 3.63) is 144 Å². The summed E-state index contributed by atoms with van der Waals surface area (Å²) in [6, 6.07) is 36.3. The number of hydrogen-bond donors (Lipinski definition) is 1. The molecular formula is C49H45FN3O2Pt-. The van der Waals surface area contributed by atoms with Crippen molar-refractivity contribution < 1.29 is 37.7 Å². The van der Waals surface area contributed by atoms with Crippen molar-refractivity contribution in [3.63, 3.8) is 0 Å². The molecule has 0 bridgehead atoms. The van der Waals surface area contributed by atoms with E-state index in [-0.39, 0.29) is 55.2 Å². The van der Waals surface area contributed by atoms with Crippen LogP contribution < -0.4 is 0 Å². The molecule has 0 saturated carbocycles. The van der Waals surface area contributed by atoms with E-state index in [9.17, 15) is 5.11 Å². The standard InChI is InChI=1S/C49H45FN3O2.Pt/c1-29(2)37-14-11-15-38(30(3)4)47(37)53-41-17-16-33(28-50)44(46(41)52-48(53)45-39-21-23-55-43(39)19-18-42(45)54)35-24-34(25-36(26-35)49(5,6)7)40-27-32(20-22-51-40)31-12-9-8-10-13-31;/h8-23,25-27,29-30,54H,28H2,1-7H3;/q-1;/i28D2;. The summed E-state index contributed by atoms with van der Waals surface area (Å²) < 4.78 is 41.1. The van der Waals surface area contributed by atoms with E-state index in [0.717, 1.165) is 33.5 Å². The third-order valence-electron chi connectivity index (χ3n) is 10.5. The van der Waals surface area contributed by atoms with Crippen LogP contribution in [0.5, 0.6) is 5.75 Å². The van der Waals surface area contributed by atoms with Crippen LogP contribution in [-0.4, -0.2) is 19.6 Å². The summed E-state index contributed by atoms with van der Waals surface area (Å²) in [6.45, 7) is 11.7. The largest absolute Gasteiger partial charge is 0.507 e. The first kappa shape index (κ1) is 36.3. The number of aromatic nitrogens is 3. The summed E-state index contributed by atoms with van der Waals surface area (Å²) in [4.78, 5) is 10.1. The fraction of sp³-hybridized carbons (Fsp3) is 0.224. The number of halogens is 1. The van der Waals surface area contributed by atoms with Crippen LogP contribution in [0, 0.1) is 6.07 Å². The predicted octanol–water partition coefficient (Wildman–Crippen LogP) is 13.4. The molecule has 0 amide bonds. The molecule has 0 aliphatic carbocycles. The topological polar surface area (TPSA) is 64.1 Å². The molecule has 56 heavy (non-hydrogen) atoms. The van der Waals surface area contributed by atoms with Gasteiger partial charge in [0.05, 0.1) is 31.3 Å². The van der Waals surface area contributed by atoms with E-state index in [4.69, 9.17) is 17.1 Å². The molecule has 0 unspecified atom stereocenters. The Labute approximate surface area is 345 Å². The van der Waals surface area contributed by atoms with E-state index in [1.165, 1.54) is 6.07 Å². The molecule has 0 radical (unpaired) electrons. The van der Waals surface area contributed by atoms with Gasteiger partial charge < -0.3 is 9.52 Å². The van der Waals surface area contributed by atoms with Crippen molar-refractivity contribution in [1.29, 1.82) is 0 Å². The average Bonchev–Trinajstić information content (AvgIpc) is 3.81. The first-order chi connectivity index (χ1) is 27.1. The zero-order valence-electron chi connectivity index (χ0n) is 34.5. The summed E-state index contributed by atoms with van der Waals surface area (Å²) in [7, 11) is 0. The molecular weight excluding hydrogens is 877 g/mol. The minimum Gasteiger partial charge on any atom is -0.507 e. The number of phenols is 1. The Kier molecular flexibility index (Phi) is 9.93. The summed E-state index contributed by atoms with van der Waals surface area (Å²) in [5.41, 5.74) is 9.65. The van der Waals surface area contributed by atoms with Gasteiger partial charge in [-0.15, -0.1) is 29.3 Å². The third-order valence-corrected chi connectivity index (χ3v) is 10.5. The Bertz CT molecular complexity index is 2770. The maximum absolute atomic E-state index is 16.1. The molecule has 0 saturated heterocycles. The van der Waals surface area contributed by atoms with Crippen molar-refractivity contribution in [2.24, 2.45) is 0 Å². The first-order valence-corrected chi connectivity index (χ1v) is 18.8. The van der Waals surface area contributed by atoms with Gasteiger partial charge in [0.2, 0.25) is 0 Å². The monoisotopic (exact) mass is 923 g/mol. The number of phenolic OH excluding ortho intramolecular Hbond substituents is 1. The smallest absolute Gasteiger partial charge is 0.149 e. The number of para-hydroxylation sites is 1. The van der Waals surface area contributed by atoms with Crippen LogP contribution in [-0.2, 0) is 33.1 Å². The SMILES string of the molecule is [2H]C([2H])(F)c1ccc2c(nc(-c3c(O)ccc4occc34)n2-c2c(C(C)C)cccc2C(C)C)c1-c1[c-]c(-c2cc(-c3ccccc3)ccn2)cc(C(C)(C)C)c1.[Pt]. The van der Waals surface area contributed by atoms with Gasteiger partial charge in [-0.2, -0.15) is 0 Å². The fourth-order valence-electron chi connectivity index (χ4n) is 7.59. The van der Waals surface area contributed by atoms with E-state index < -0.39 is 6.63 Å². The van der Waals surface area contributed by atoms with Crippen LogP contribution >= 0.6 is 0 Å². The molecule has 0 spiro atoms. The minimum atomic E-state index is -3.24. The van der Waals surface area contributed by atoms with Gasteiger partial charge in [-0.1, -0.05) is 115 Å². The number of imidazole rings is 1. The minimum absolute atomic E-state index is 0. The number of alkyl halides is 1.